The van der Waals surface area contributed by atoms with Crippen LogP contribution in [0.1, 0.15) is 42.5 Å². The van der Waals surface area contributed by atoms with Gasteiger partial charge in [-0.05, 0) is 36.5 Å². The Morgan fingerprint density at radius 2 is 1.57 bits per heavy atom. The maximum Gasteiger partial charge on any atom is 0.166 e. The van der Waals surface area contributed by atoms with Crippen molar-refractivity contribution in [1.82, 2.24) is 0 Å². The average Bonchev–Trinajstić information content (AvgIpc) is 2.52. The molecule has 0 spiro atoms. The van der Waals surface area contributed by atoms with Crippen molar-refractivity contribution in [3.8, 4) is 0 Å². The van der Waals surface area contributed by atoms with Crippen LogP contribution >= 0.6 is 0 Å². The first-order valence-electron chi connectivity index (χ1n) is 8.32. The summed E-state index contributed by atoms with van der Waals surface area (Å²) in [6.07, 6.45) is 3.42. The van der Waals surface area contributed by atoms with Crippen LogP contribution in [-0.4, -0.2) is 24.7 Å². The third kappa shape index (κ3) is 2.40. The molecule has 120 valence electrons. The third-order valence-corrected chi connectivity index (χ3v) is 8.22. The lowest BCUT2D eigenvalue weighted by Crippen LogP contribution is -2.45. The number of rotatable bonds is 2. The molecule has 2 unspecified atom stereocenters. The van der Waals surface area contributed by atoms with Crippen LogP contribution in [0.2, 0.25) is 0 Å². The van der Waals surface area contributed by atoms with E-state index in [0.717, 1.165) is 35.6 Å². The lowest BCUT2D eigenvalue weighted by atomic mass is 9.83. The summed E-state index contributed by atoms with van der Waals surface area (Å²) in [7, 11) is -3.01. The zero-order valence-corrected chi connectivity index (χ0v) is 13.8. The minimum atomic E-state index is -3.01. The summed E-state index contributed by atoms with van der Waals surface area (Å²) in [5.74, 6) is -0.0340. The van der Waals surface area contributed by atoms with E-state index < -0.39 is 9.84 Å². The van der Waals surface area contributed by atoms with Gasteiger partial charge in [0, 0.05) is 11.5 Å². The molecule has 2 heterocycles. The van der Waals surface area contributed by atoms with Crippen LogP contribution < -0.4 is 0 Å². The van der Waals surface area contributed by atoms with Crippen molar-refractivity contribution in [3.05, 3.63) is 48.0 Å². The number of hydrogen-bond donors (Lipinski definition) is 0. The van der Waals surface area contributed by atoms with Crippen LogP contribution in [0.15, 0.2) is 42.5 Å². The van der Waals surface area contributed by atoms with E-state index >= 15 is 0 Å². The van der Waals surface area contributed by atoms with E-state index in [1.54, 1.807) is 0 Å². The fourth-order valence-electron chi connectivity index (χ4n) is 4.28. The third-order valence-electron chi connectivity index (χ3n) is 5.50. The van der Waals surface area contributed by atoms with Gasteiger partial charge in [-0.1, -0.05) is 48.9 Å². The van der Waals surface area contributed by atoms with Gasteiger partial charge in [0.25, 0.3) is 0 Å². The first-order chi connectivity index (χ1) is 11.1. The molecule has 3 nitrogen and oxygen atoms in total. The predicted octanol–water partition coefficient (Wildman–Crippen LogP) is 3.77. The Bertz CT molecular complexity index is 844. The van der Waals surface area contributed by atoms with Crippen molar-refractivity contribution in [1.29, 1.82) is 0 Å². The predicted molar refractivity (Wildman–Crippen MR) is 91.3 cm³/mol. The first kappa shape index (κ1) is 14.9. The molecule has 23 heavy (non-hydrogen) atoms. The Hall–Kier alpha value is -1.68. The van der Waals surface area contributed by atoms with Gasteiger partial charge in [-0.25, -0.2) is 8.42 Å². The zero-order chi connectivity index (χ0) is 16.0. The van der Waals surface area contributed by atoms with E-state index in [9.17, 15) is 13.2 Å². The van der Waals surface area contributed by atoms with Gasteiger partial charge < -0.3 is 0 Å². The van der Waals surface area contributed by atoms with Crippen LogP contribution in [0.3, 0.4) is 0 Å². The summed E-state index contributed by atoms with van der Waals surface area (Å²) >= 11 is 0. The quantitative estimate of drug-likeness (QED) is 0.789. The van der Waals surface area contributed by atoms with E-state index in [0.29, 0.717) is 12.8 Å². The average molecular weight is 328 g/mol. The summed E-state index contributed by atoms with van der Waals surface area (Å²) in [5.41, 5.74) is 0.741. The molecule has 0 aliphatic carbocycles. The van der Waals surface area contributed by atoms with Crippen LogP contribution in [0.4, 0.5) is 0 Å². The van der Waals surface area contributed by atoms with Crippen molar-refractivity contribution < 1.29 is 13.2 Å². The molecular formula is C19H20O3S. The van der Waals surface area contributed by atoms with Crippen molar-refractivity contribution in [3.63, 3.8) is 0 Å². The Morgan fingerprint density at radius 1 is 0.913 bits per heavy atom. The SMILES string of the molecule is O=C(c1cccc2ccccc12)C1CC2CCCC(C1)S2(=O)=O. The van der Waals surface area contributed by atoms with Crippen molar-refractivity contribution in [2.75, 3.05) is 0 Å². The minimum Gasteiger partial charge on any atom is -0.294 e. The largest absolute Gasteiger partial charge is 0.294 e. The normalized spacial score (nSPS) is 29.3. The second kappa shape index (κ2) is 5.45. The Kier molecular flexibility index (Phi) is 3.52. The van der Waals surface area contributed by atoms with Crippen molar-refractivity contribution >= 4 is 26.4 Å². The maximum absolute atomic E-state index is 13.1. The molecule has 2 aliphatic rings. The standard InChI is InChI=1S/C19H20O3S/c20-19(18-10-3-6-13-5-1-2-9-17(13)18)14-11-15-7-4-8-16(12-14)23(15,21)22/h1-3,5-6,9-10,14-16H,4,7-8,11-12H2. The summed E-state index contributed by atoms with van der Waals surface area (Å²) in [5, 5.41) is 1.42. The number of fused-ring (bicyclic) bond motifs is 3. The molecule has 2 aromatic carbocycles. The molecule has 0 aromatic heterocycles. The maximum atomic E-state index is 13.1. The highest BCUT2D eigenvalue weighted by molar-refractivity contribution is 7.92. The smallest absolute Gasteiger partial charge is 0.166 e. The first-order valence-corrected chi connectivity index (χ1v) is 9.93. The molecule has 2 aromatic rings. The molecule has 4 rings (SSSR count). The molecular weight excluding hydrogens is 308 g/mol. The second-order valence-electron chi connectivity index (χ2n) is 6.82. The molecule has 0 amide bonds. The van der Waals surface area contributed by atoms with Crippen LogP contribution in [0.5, 0.6) is 0 Å². The van der Waals surface area contributed by atoms with Gasteiger partial charge >= 0.3 is 0 Å². The van der Waals surface area contributed by atoms with E-state index in [-0.39, 0.29) is 22.2 Å². The number of sulfone groups is 1. The second-order valence-corrected chi connectivity index (χ2v) is 9.33. The number of carbonyl (C=O) groups excluding carboxylic acids is 1. The molecule has 2 bridgehead atoms. The monoisotopic (exact) mass is 328 g/mol. The van der Waals surface area contributed by atoms with Gasteiger partial charge in [-0.3, -0.25) is 4.79 Å². The Balaban J connectivity index is 1.70. The highest BCUT2D eigenvalue weighted by Crippen LogP contribution is 2.40. The number of hydrogen-bond acceptors (Lipinski definition) is 3. The molecule has 0 N–H and O–H groups in total. The Morgan fingerprint density at radius 3 is 2.30 bits per heavy atom. The fraction of sp³-hybridized carbons (Fsp3) is 0.421. The molecule has 0 saturated carbocycles. The van der Waals surface area contributed by atoms with Gasteiger partial charge in [-0.15, -0.1) is 0 Å². The zero-order valence-electron chi connectivity index (χ0n) is 12.9. The molecule has 2 saturated heterocycles. The fourth-order valence-corrected chi connectivity index (χ4v) is 6.82. The molecule has 2 aliphatic heterocycles. The van der Waals surface area contributed by atoms with Crippen LogP contribution in [-0.2, 0) is 9.84 Å². The lowest BCUT2D eigenvalue weighted by Gasteiger charge is -2.38. The molecule has 0 radical (unpaired) electrons. The number of benzene rings is 2. The molecule has 4 heteroatoms. The van der Waals surface area contributed by atoms with Crippen molar-refractivity contribution in [2.24, 2.45) is 5.92 Å². The van der Waals surface area contributed by atoms with E-state index in [1.165, 1.54) is 0 Å². The number of carbonyl (C=O) groups is 1. The highest BCUT2D eigenvalue weighted by atomic mass is 32.2. The van der Waals surface area contributed by atoms with Gasteiger partial charge in [0.15, 0.2) is 15.6 Å². The van der Waals surface area contributed by atoms with Gasteiger partial charge in [0.05, 0.1) is 10.5 Å². The topological polar surface area (TPSA) is 51.2 Å². The van der Waals surface area contributed by atoms with Crippen LogP contribution in [0, 0.1) is 5.92 Å². The summed E-state index contributed by atoms with van der Waals surface area (Å²) in [6, 6.07) is 13.7. The minimum absolute atomic E-state index is 0.119. The lowest BCUT2D eigenvalue weighted by molar-refractivity contribution is 0.0895. The Labute approximate surface area is 136 Å². The number of Topliss-reactive ketones (excluding diaryl/α,β-unsaturated/α-hetero) is 1. The van der Waals surface area contributed by atoms with E-state index in [2.05, 4.69) is 0 Å². The van der Waals surface area contributed by atoms with Crippen LogP contribution in [0.25, 0.3) is 10.8 Å². The van der Waals surface area contributed by atoms with Gasteiger partial charge in [-0.2, -0.15) is 0 Å². The van der Waals surface area contributed by atoms with E-state index in [1.807, 2.05) is 42.5 Å². The van der Waals surface area contributed by atoms with Crippen molar-refractivity contribution in [2.45, 2.75) is 42.6 Å². The molecule has 2 atom stereocenters. The summed E-state index contributed by atoms with van der Waals surface area (Å²) in [6.45, 7) is 0. The summed E-state index contributed by atoms with van der Waals surface area (Å²) in [4.78, 5) is 13.1. The van der Waals surface area contributed by atoms with E-state index in [4.69, 9.17) is 0 Å². The summed E-state index contributed by atoms with van der Waals surface area (Å²) < 4.78 is 24.8. The molecule has 2 fully saturated rings. The van der Waals surface area contributed by atoms with Gasteiger partial charge in [0.1, 0.15) is 0 Å². The number of ketones is 1. The van der Waals surface area contributed by atoms with Gasteiger partial charge in [0.2, 0.25) is 0 Å². The highest BCUT2D eigenvalue weighted by Gasteiger charge is 2.46.